The van der Waals surface area contributed by atoms with Crippen molar-refractivity contribution in [3.8, 4) is 0 Å². The number of urea groups is 1. The molecule has 1 fully saturated rings. The number of carbonyl (C=O) groups is 2. The molecule has 150 valence electrons. The molecule has 1 aromatic rings. The van der Waals surface area contributed by atoms with E-state index >= 15 is 0 Å². The maximum Gasteiger partial charge on any atom is 0.319 e. The van der Waals surface area contributed by atoms with E-state index < -0.39 is 10.0 Å². The molecule has 1 heterocycles. The minimum atomic E-state index is -3.57. The Bertz CT molecular complexity index is 754. The van der Waals surface area contributed by atoms with Crippen LogP contribution >= 0.6 is 0 Å². The van der Waals surface area contributed by atoms with Crippen molar-refractivity contribution in [1.29, 1.82) is 0 Å². The fourth-order valence-corrected chi connectivity index (χ4v) is 3.96. The van der Waals surface area contributed by atoms with Crippen LogP contribution in [-0.4, -0.2) is 70.4 Å². The molecule has 9 heteroatoms. The maximum absolute atomic E-state index is 12.2. The number of benzene rings is 1. The van der Waals surface area contributed by atoms with Crippen molar-refractivity contribution >= 4 is 22.0 Å². The number of likely N-dealkylation sites (tertiary alicyclic amines) is 1. The number of sulfonamides is 1. The fourth-order valence-electron chi connectivity index (χ4n) is 2.93. The van der Waals surface area contributed by atoms with Crippen LogP contribution in [0.1, 0.15) is 18.4 Å². The van der Waals surface area contributed by atoms with E-state index in [1.54, 1.807) is 43.3 Å². The molecule has 1 aromatic carbocycles. The van der Waals surface area contributed by atoms with Crippen LogP contribution in [0.4, 0.5) is 4.79 Å². The molecule has 2 rings (SSSR count). The molecule has 0 bridgehead atoms. The first-order valence-electron chi connectivity index (χ1n) is 9.01. The summed E-state index contributed by atoms with van der Waals surface area (Å²) in [6, 6.07) is 6.55. The van der Waals surface area contributed by atoms with Gasteiger partial charge in [0.25, 0.3) is 0 Å². The SMILES string of the molecule is Cc1ccc(S(=O)(=O)NCCNC(=O)C2CCN(C(=O)N(C)C)CC2)cc1. The summed E-state index contributed by atoms with van der Waals surface area (Å²) in [7, 11) is -0.161. The second kappa shape index (κ2) is 9.18. The summed E-state index contributed by atoms with van der Waals surface area (Å²) in [5.74, 6) is -0.244. The molecule has 1 saturated heterocycles. The molecule has 0 spiro atoms. The molecule has 0 aliphatic carbocycles. The lowest BCUT2D eigenvalue weighted by Crippen LogP contribution is -2.47. The van der Waals surface area contributed by atoms with Crippen LogP contribution in [0.2, 0.25) is 0 Å². The van der Waals surface area contributed by atoms with E-state index in [-0.39, 0.29) is 35.8 Å². The fraction of sp³-hybridized carbons (Fsp3) is 0.556. The van der Waals surface area contributed by atoms with Crippen molar-refractivity contribution in [2.24, 2.45) is 5.92 Å². The molecule has 0 atom stereocenters. The zero-order valence-electron chi connectivity index (χ0n) is 16.1. The molecule has 1 aliphatic heterocycles. The lowest BCUT2D eigenvalue weighted by Gasteiger charge is -2.33. The summed E-state index contributed by atoms with van der Waals surface area (Å²) in [6.45, 7) is 3.34. The van der Waals surface area contributed by atoms with Gasteiger partial charge in [-0.25, -0.2) is 17.9 Å². The van der Waals surface area contributed by atoms with Gasteiger partial charge < -0.3 is 15.1 Å². The van der Waals surface area contributed by atoms with E-state index in [4.69, 9.17) is 0 Å². The van der Waals surface area contributed by atoms with Crippen LogP contribution in [0.3, 0.4) is 0 Å². The molecule has 27 heavy (non-hydrogen) atoms. The average Bonchev–Trinajstić information content (AvgIpc) is 2.65. The molecular weight excluding hydrogens is 368 g/mol. The van der Waals surface area contributed by atoms with Gasteiger partial charge in [0.15, 0.2) is 0 Å². The first-order valence-corrected chi connectivity index (χ1v) is 10.5. The summed E-state index contributed by atoms with van der Waals surface area (Å²) >= 11 is 0. The summed E-state index contributed by atoms with van der Waals surface area (Å²) < 4.78 is 26.8. The van der Waals surface area contributed by atoms with Gasteiger partial charge in [-0.1, -0.05) is 17.7 Å². The molecule has 8 nitrogen and oxygen atoms in total. The molecule has 3 amide bonds. The third-order valence-corrected chi connectivity index (χ3v) is 6.04. The van der Waals surface area contributed by atoms with Gasteiger partial charge in [-0.3, -0.25) is 4.79 Å². The zero-order valence-corrected chi connectivity index (χ0v) is 16.9. The predicted octanol–water partition coefficient (Wildman–Crippen LogP) is 0.783. The number of amides is 3. The van der Waals surface area contributed by atoms with Gasteiger partial charge in [0, 0.05) is 46.2 Å². The molecule has 0 aromatic heterocycles. The van der Waals surface area contributed by atoms with E-state index in [0.717, 1.165) is 5.56 Å². The first-order chi connectivity index (χ1) is 12.7. The number of hydrogen-bond acceptors (Lipinski definition) is 4. The second-order valence-corrected chi connectivity index (χ2v) is 8.71. The number of rotatable bonds is 6. The van der Waals surface area contributed by atoms with Crippen LogP contribution < -0.4 is 10.0 Å². The monoisotopic (exact) mass is 396 g/mol. The van der Waals surface area contributed by atoms with E-state index in [1.807, 2.05) is 6.92 Å². The normalized spacial score (nSPS) is 15.4. The average molecular weight is 397 g/mol. The van der Waals surface area contributed by atoms with E-state index in [9.17, 15) is 18.0 Å². The Kier molecular flexibility index (Phi) is 7.20. The maximum atomic E-state index is 12.2. The molecule has 0 radical (unpaired) electrons. The van der Waals surface area contributed by atoms with Gasteiger partial charge in [-0.05, 0) is 31.9 Å². The second-order valence-electron chi connectivity index (χ2n) is 6.94. The summed E-state index contributed by atoms with van der Waals surface area (Å²) in [6.07, 6.45) is 1.22. The quantitative estimate of drug-likeness (QED) is 0.694. The van der Waals surface area contributed by atoms with Crippen LogP contribution in [0.15, 0.2) is 29.2 Å². The third-order valence-electron chi connectivity index (χ3n) is 4.57. The van der Waals surface area contributed by atoms with Crippen LogP contribution in [0, 0.1) is 12.8 Å². The van der Waals surface area contributed by atoms with E-state index in [0.29, 0.717) is 25.9 Å². The van der Waals surface area contributed by atoms with Gasteiger partial charge in [0.2, 0.25) is 15.9 Å². The minimum Gasteiger partial charge on any atom is -0.355 e. The topological polar surface area (TPSA) is 98.8 Å². The van der Waals surface area contributed by atoms with Crippen LogP contribution in [-0.2, 0) is 14.8 Å². The van der Waals surface area contributed by atoms with Crippen molar-refractivity contribution in [1.82, 2.24) is 19.8 Å². The Morgan fingerprint density at radius 1 is 1.11 bits per heavy atom. The largest absolute Gasteiger partial charge is 0.355 e. The Morgan fingerprint density at radius 2 is 1.70 bits per heavy atom. The lowest BCUT2D eigenvalue weighted by molar-refractivity contribution is -0.126. The highest BCUT2D eigenvalue weighted by Gasteiger charge is 2.27. The van der Waals surface area contributed by atoms with Crippen molar-refractivity contribution in [2.45, 2.75) is 24.7 Å². The smallest absolute Gasteiger partial charge is 0.319 e. The van der Waals surface area contributed by atoms with Crippen molar-refractivity contribution in [3.05, 3.63) is 29.8 Å². The number of hydrogen-bond donors (Lipinski definition) is 2. The highest BCUT2D eigenvalue weighted by molar-refractivity contribution is 7.89. The Labute approximate surface area is 161 Å². The minimum absolute atomic E-state index is 0.0422. The summed E-state index contributed by atoms with van der Waals surface area (Å²) in [5.41, 5.74) is 0.986. The zero-order chi connectivity index (χ0) is 20.0. The van der Waals surface area contributed by atoms with Gasteiger partial charge in [-0.15, -0.1) is 0 Å². The van der Waals surface area contributed by atoms with Gasteiger partial charge in [0.1, 0.15) is 0 Å². The Hall–Kier alpha value is -2.13. The Morgan fingerprint density at radius 3 is 2.26 bits per heavy atom. The summed E-state index contributed by atoms with van der Waals surface area (Å²) in [4.78, 5) is 27.6. The molecule has 1 aliphatic rings. The van der Waals surface area contributed by atoms with Gasteiger partial charge in [0.05, 0.1) is 4.90 Å². The van der Waals surface area contributed by atoms with Crippen LogP contribution in [0.25, 0.3) is 0 Å². The third kappa shape index (κ3) is 5.93. The number of nitrogens with zero attached hydrogens (tertiary/aromatic N) is 2. The molecular formula is C18H28N4O4S. The number of aryl methyl sites for hydroxylation is 1. The van der Waals surface area contributed by atoms with Gasteiger partial charge in [-0.2, -0.15) is 0 Å². The van der Waals surface area contributed by atoms with Crippen LogP contribution in [0.5, 0.6) is 0 Å². The molecule has 0 saturated carbocycles. The van der Waals surface area contributed by atoms with E-state index in [1.165, 1.54) is 4.90 Å². The van der Waals surface area contributed by atoms with Gasteiger partial charge >= 0.3 is 6.03 Å². The van der Waals surface area contributed by atoms with Crippen molar-refractivity contribution < 1.29 is 18.0 Å². The number of piperidine rings is 1. The molecule has 0 unspecified atom stereocenters. The number of carbonyl (C=O) groups excluding carboxylic acids is 2. The predicted molar refractivity (Wildman–Crippen MR) is 103 cm³/mol. The van der Waals surface area contributed by atoms with Crippen molar-refractivity contribution in [2.75, 3.05) is 40.3 Å². The highest BCUT2D eigenvalue weighted by atomic mass is 32.2. The molecule has 2 N–H and O–H groups in total. The standard InChI is InChI=1S/C18H28N4O4S/c1-14-4-6-16(7-5-14)27(25,26)20-11-10-19-17(23)15-8-12-22(13-9-15)18(24)21(2)3/h4-7,15,20H,8-13H2,1-3H3,(H,19,23). The van der Waals surface area contributed by atoms with E-state index in [2.05, 4.69) is 10.0 Å². The highest BCUT2D eigenvalue weighted by Crippen LogP contribution is 2.18. The first kappa shape index (κ1) is 21.2. The lowest BCUT2D eigenvalue weighted by atomic mass is 9.96. The Balaban J connectivity index is 1.72. The van der Waals surface area contributed by atoms with Crippen molar-refractivity contribution in [3.63, 3.8) is 0 Å². The summed E-state index contributed by atoms with van der Waals surface area (Å²) in [5, 5.41) is 2.77. The number of nitrogens with one attached hydrogen (secondary N) is 2.